The molecule has 2 aromatic rings. The van der Waals surface area contributed by atoms with Crippen LogP contribution in [-0.4, -0.2) is 25.5 Å². The predicted molar refractivity (Wildman–Crippen MR) is 85.9 cm³/mol. The smallest absolute Gasteiger partial charge is 0.335 e. The Morgan fingerprint density at radius 2 is 2.09 bits per heavy atom. The fourth-order valence-corrected chi connectivity index (χ4v) is 4.21. The van der Waals surface area contributed by atoms with Crippen LogP contribution in [0.4, 0.5) is 0 Å². The summed E-state index contributed by atoms with van der Waals surface area (Å²) in [5, 5.41) is 11.0. The molecule has 0 amide bonds. The summed E-state index contributed by atoms with van der Waals surface area (Å²) >= 11 is 1.57. The van der Waals surface area contributed by atoms with Crippen molar-refractivity contribution in [1.29, 1.82) is 0 Å². The van der Waals surface area contributed by atoms with E-state index in [2.05, 4.69) is 4.72 Å². The highest BCUT2D eigenvalue weighted by Gasteiger charge is 2.20. The van der Waals surface area contributed by atoms with E-state index in [9.17, 15) is 13.2 Å². The second-order valence-electron chi connectivity index (χ2n) is 5.09. The second-order valence-corrected chi connectivity index (χ2v) is 7.83. The molecule has 0 fully saturated rings. The summed E-state index contributed by atoms with van der Waals surface area (Å²) in [6, 6.07) is 7.70. The van der Waals surface area contributed by atoms with Crippen LogP contribution in [0.5, 0.6) is 0 Å². The van der Waals surface area contributed by atoms with Crippen LogP contribution in [0.2, 0.25) is 0 Å². The Bertz CT molecular complexity index is 767. The number of sulfonamides is 1. The maximum atomic E-state index is 12.4. The molecule has 0 saturated heterocycles. The van der Waals surface area contributed by atoms with Crippen LogP contribution in [0.15, 0.2) is 40.6 Å². The van der Waals surface area contributed by atoms with E-state index in [0.29, 0.717) is 12.0 Å². The van der Waals surface area contributed by atoms with Gasteiger partial charge in [-0.1, -0.05) is 12.1 Å². The van der Waals surface area contributed by atoms with E-state index in [1.807, 2.05) is 17.5 Å². The normalized spacial score (nSPS) is 13.0. The molecule has 2 N–H and O–H groups in total. The third-order valence-corrected chi connectivity index (χ3v) is 5.68. The number of thiophene rings is 1. The molecule has 0 bridgehead atoms. The Balaban J connectivity index is 2.19. The number of aryl methyl sites for hydroxylation is 1. The van der Waals surface area contributed by atoms with Crippen molar-refractivity contribution in [3.8, 4) is 0 Å². The molecule has 0 aliphatic heterocycles. The number of carboxylic acid groups (broad SMARTS) is 1. The lowest BCUT2D eigenvalue weighted by atomic mass is 10.1. The second kappa shape index (κ2) is 6.60. The largest absolute Gasteiger partial charge is 0.478 e. The van der Waals surface area contributed by atoms with E-state index in [4.69, 9.17) is 5.11 Å². The van der Waals surface area contributed by atoms with E-state index in [1.165, 1.54) is 18.2 Å². The number of carbonyl (C=O) groups is 1. The molecule has 5 nitrogen and oxygen atoms in total. The zero-order chi connectivity index (χ0) is 16.3. The Kier molecular flexibility index (Phi) is 5.00. The van der Waals surface area contributed by atoms with Crippen LogP contribution in [0.3, 0.4) is 0 Å². The highest BCUT2D eigenvalue weighted by Crippen LogP contribution is 2.17. The minimum Gasteiger partial charge on any atom is -0.478 e. The Morgan fingerprint density at radius 3 is 2.68 bits per heavy atom. The fraction of sp³-hybridized carbons (Fsp3) is 0.267. The van der Waals surface area contributed by atoms with Crippen molar-refractivity contribution in [1.82, 2.24) is 4.72 Å². The van der Waals surface area contributed by atoms with Gasteiger partial charge in [0.1, 0.15) is 0 Å². The minimum absolute atomic E-state index is 0.00575. The summed E-state index contributed by atoms with van der Waals surface area (Å²) in [4.78, 5) is 12.2. The molecule has 1 aromatic heterocycles. The molecule has 0 aliphatic rings. The highest BCUT2D eigenvalue weighted by atomic mass is 32.2. The van der Waals surface area contributed by atoms with Crippen molar-refractivity contribution in [3.63, 3.8) is 0 Å². The summed E-state index contributed by atoms with van der Waals surface area (Å²) in [5.41, 5.74) is 0.520. The third kappa shape index (κ3) is 3.94. The zero-order valence-electron chi connectivity index (χ0n) is 12.2. The molecule has 7 heteroatoms. The molecule has 2 rings (SSSR count). The average molecular weight is 339 g/mol. The van der Waals surface area contributed by atoms with Crippen LogP contribution in [0.25, 0.3) is 0 Å². The summed E-state index contributed by atoms with van der Waals surface area (Å²) in [6.07, 6.45) is 0.592. The zero-order valence-corrected chi connectivity index (χ0v) is 13.9. The first-order chi connectivity index (χ1) is 10.3. The van der Waals surface area contributed by atoms with Gasteiger partial charge in [-0.25, -0.2) is 17.9 Å². The first kappa shape index (κ1) is 16.7. The van der Waals surface area contributed by atoms with Gasteiger partial charge < -0.3 is 5.11 Å². The van der Waals surface area contributed by atoms with Gasteiger partial charge in [0.2, 0.25) is 10.0 Å². The maximum absolute atomic E-state index is 12.4. The van der Waals surface area contributed by atoms with E-state index in [-0.39, 0.29) is 16.5 Å². The van der Waals surface area contributed by atoms with Crippen LogP contribution in [0, 0.1) is 6.92 Å². The molecular formula is C15H17NO4S2. The van der Waals surface area contributed by atoms with Gasteiger partial charge in [0.05, 0.1) is 10.5 Å². The number of nitrogens with one attached hydrogen (secondary N) is 1. The molecule has 0 aliphatic carbocycles. The molecular weight excluding hydrogens is 322 g/mol. The molecule has 1 unspecified atom stereocenters. The van der Waals surface area contributed by atoms with Crippen LogP contribution in [0.1, 0.15) is 27.7 Å². The third-order valence-electron chi connectivity index (χ3n) is 3.19. The molecule has 1 heterocycles. The van der Waals surface area contributed by atoms with E-state index in [1.54, 1.807) is 25.2 Å². The first-order valence-electron chi connectivity index (χ1n) is 6.68. The van der Waals surface area contributed by atoms with Crippen molar-refractivity contribution >= 4 is 27.3 Å². The maximum Gasteiger partial charge on any atom is 0.335 e. The van der Waals surface area contributed by atoms with Crippen molar-refractivity contribution in [3.05, 3.63) is 51.7 Å². The van der Waals surface area contributed by atoms with Gasteiger partial charge in [-0.3, -0.25) is 0 Å². The van der Waals surface area contributed by atoms with Gasteiger partial charge in [0.25, 0.3) is 0 Å². The number of aromatic carboxylic acids is 1. The standard InChI is InChI=1S/C15H17NO4S2/c1-10-5-6-13(9-14(10)15(17)18)22(19,20)16-11(2)8-12-4-3-7-21-12/h3-7,9,11,16H,8H2,1-2H3,(H,17,18). The molecule has 0 spiro atoms. The highest BCUT2D eigenvalue weighted by molar-refractivity contribution is 7.89. The van der Waals surface area contributed by atoms with Gasteiger partial charge in [-0.2, -0.15) is 0 Å². The van der Waals surface area contributed by atoms with Gasteiger partial charge in [-0.15, -0.1) is 11.3 Å². The SMILES string of the molecule is Cc1ccc(S(=O)(=O)NC(C)Cc2cccs2)cc1C(=O)O. The van der Waals surface area contributed by atoms with Gasteiger partial charge in [0, 0.05) is 10.9 Å². The summed E-state index contributed by atoms with van der Waals surface area (Å²) in [7, 11) is -3.74. The number of benzene rings is 1. The number of hydrogen-bond donors (Lipinski definition) is 2. The summed E-state index contributed by atoms with van der Waals surface area (Å²) < 4.78 is 27.3. The number of carboxylic acids is 1. The lowest BCUT2D eigenvalue weighted by Gasteiger charge is -2.14. The summed E-state index contributed by atoms with van der Waals surface area (Å²) in [5.74, 6) is -1.14. The van der Waals surface area contributed by atoms with Crippen LogP contribution >= 0.6 is 11.3 Å². The predicted octanol–water partition coefficient (Wildman–Crippen LogP) is 2.66. The molecule has 118 valence electrons. The van der Waals surface area contributed by atoms with Gasteiger partial charge >= 0.3 is 5.97 Å². The Morgan fingerprint density at radius 1 is 1.36 bits per heavy atom. The topological polar surface area (TPSA) is 83.5 Å². The average Bonchev–Trinajstić information content (AvgIpc) is 2.90. The molecule has 1 aromatic carbocycles. The van der Waals surface area contributed by atoms with Crippen molar-refractivity contribution in [2.45, 2.75) is 31.2 Å². The molecule has 22 heavy (non-hydrogen) atoms. The number of hydrogen-bond acceptors (Lipinski definition) is 4. The van der Waals surface area contributed by atoms with Crippen LogP contribution < -0.4 is 4.72 Å². The first-order valence-corrected chi connectivity index (χ1v) is 9.04. The van der Waals surface area contributed by atoms with Crippen molar-refractivity contribution in [2.24, 2.45) is 0 Å². The van der Waals surface area contributed by atoms with Crippen molar-refractivity contribution < 1.29 is 18.3 Å². The molecule has 0 radical (unpaired) electrons. The Labute approximate surface area is 133 Å². The quantitative estimate of drug-likeness (QED) is 0.847. The summed E-state index contributed by atoms with van der Waals surface area (Å²) in [6.45, 7) is 3.41. The minimum atomic E-state index is -3.74. The van der Waals surface area contributed by atoms with E-state index >= 15 is 0 Å². The van der Waals surface area contributed by atoms with Gasteiger partial charge in [-0.05, 0) is 49.4 Å². The number of rotatable bonds is 6. The monoisotopic (exact) mass is 339 g/mol. The fourth-order valence-electron chi connectivity index (χ4n) is 2.10. The van der Waals surface area contributed by atoms with Crippen LogP contribution in [-0.2, 0) is 16.4 Å². The lowest BCUT2D eigenvalue weighted by molar-refractivity contribution is 0.0696. The molecule has 1 atom stereocenters. The van der Waals surface area contributed by atoms with E-state index < -0.39 is 16.0 Å². The lowest BCUT2D eigenvalue weighted by Crippen LogP contribution is -2.34. The molecule has 0 saturated carbocycles. The van der Waals surface area contributed by atoms with E-state index in [0.717, 1.165) is 4.88 Å². The van der Waals surface area contributed by atoms with Gasteiger partial charge in [0.15, 0.2) is 0 Å². The van der Waals surface area contributed by atoms with Crippen molar-refractivity contribution in [2.75, 3.05) is 0 Å². The Hall–Kier alpha value is -1.70.